The fourth-order valence-electron chi connectivity index (χ4n) is 0.808. The molecule has 0 saturated heterocycles. The van der Waals surface area contributed by atoms with E-state index in [2.05, 4.69) is 20.4 Å². The number of hydrogen-bond donors (Lipinski definition) is 1. The molecule has 68 valence electrons. The van der Waals surface area contributed by atoms with Gasteiger partial charge in [-0.05, 0) is 0 Å². The highest BCUT2D eigenvalue weighted by molar-refractivity contribution is 7.15. The molecule has 6 nitrogen and oxygen atoms in total. The second-order valence-electron chi connectivity index (χ2n) is 2.05. The van der Waals surface area contributed by atoms with Crippen molar-refractivity contribution in [3.05, 3.63) is 11.0 Å². The van der Waals surface area contributed by atoms with Gasteiger partial charge in [-0.1, -0.05) is 22.7 Å². The standard InChI is InChI=1S/C5H6N6S2/c6-1-11(4-9-7-2-12-4)5-10-8-3-13-5/h2-3H,1,6H2. The summed E-state index contributed by atoms with van der Waals surface area (Å²) in [6.45, 7) is 0.324. The lowest BCUT2D eigenvalue weighted by Gasteiger charge is -2.13. The van der Waals surface area contributed by atoms with Crippen LogP contribution in [0.1, 0.15) is 0 Å². The van der Waals surface area contributed by atoms with E-state index in [9.17, 15) is 0 Å². The molecule has 0 unspecified atom stereocenters. The van der Waals surface area contributed by atoms with Crippen LogP contribution in [0, 0.1) is 0 Å². The Morgan fingerprint density at radius 3 is 2.00 bits per heavy atom. The van der Waals surface area contributed by atoms with Gasteiger partial charge in [0, 0.05) is 0 Å². The lowest BCUT2D eigenvalue weighted by atomic mass is 10.8. The summed E-state index contributed by atoms with van der Waals surface area (Å²) in [6.07, 6.45) is 0. The lowest BCUT2D eigenvalue weighted by molar-refractivity contribution is 0.919. The minimum absolute atomic E-state index is 0.324. The van der Waals surface area contributed by atoms with E-state index in [4.69, 9.17) is 5.73 Å². The van der Waals surface area contributed by atoms with E-state index in [-0.39, 0.29) is 0 Å². The summed E-state index contributed by atoms with van der Waals surface area (Å²) in [7, 11) is 0. The van der Waals surface area contributed by atoms with Gasteiger partial charge in [0.2, 0.25) is 10.3 Å². The minimum atomic E-state index is 0.324. The van der Waals surface area contributed by atoms with Crippen molar-refractivity contribution >= 4 is 32.9 Å². The normalized spacial score (nSPS) is 10.2. The Morgan fingerprint density at radius 1 is 1.15 bits per heavy atom. The van der Waals surface area contributed by atoms with E-state index in [1.165, 1.54) is 22.7 Å². The number of aromatic nitrogens is 4. The number of hydrogen-bond acceptors (Lipinski definition) is 8. The van der Waals surface area contributed by atoms with Crippen LogP contribution in [0.5, 0.6) is 0 Å². The minimum Gasteiger partial charge on any atom is -0.313 e. The Morgan fingerprint density at radius 2 is 1.69 bits per heavy atom. The molecule has 0 radical (unpaired) electrons. The molecular formula is C5H6N6S2. The SMILES string of the molecule is NCN(c1nncs1)c1nncs1. The monoisotopic (exact) mass is 214 g/mol. The van der Waals surface area contributed by atoms with E-state index < -0.39 is 0 Å². The van der Waals surface area contributed by atoms with E-state index >= 15 is 0 Å². The smallest absolute Gasteiger partial charge is 0.215 e. The largest absolute Gasteiger partial charge is 0.313 e. The summed E-state index contributed by atoms with van der Waals surface area (Å²) in [6, 6.07) is 0. The maximum atomic E-state index is 5.56. The van der Waals surface area contributed by atoms with E-state index in [0.717, 1.165) is 10.3 Å². The predicted molar refractivity (Wildman–Crippen MR) is 51.0 cm³/mol. The highest BCUT2D eigenvalue weighted by Crippen LogP contribution is 2.25. The Labute approximate surface area is 82.0 Å². The summed E-state index contributed by atoms with van der Waals surface area (Å²) >= 11 is 2.83. The van der Waals surface area contributed by atoms with Crippen molar-refractivity contribution in [1.82, 2.24) is 20.4 Å². The van der Waals surface area contributed by atoms with Crippen LogP contribution in [0.3, 0.4) is 0 Å². The molecule has 0 aliphatic rings. The van der Waals surface area contributed by atoms with Gasteiger partial charge in [0.25, 0.3) is 0 Å². The molecule has 0 fully saturated rings. The molecule has 0 aliphatic carbocycles. The first-order chi connectivity index (χ1) is 6.42. The van der Waals surface area contributed by atoms with Gasteiger partial charge in [0.1, 0.15) is 11.0 Å². The molecule has 13 heavy (non-hydrogen) atoms. The van der Waals surface area contributed by atoms with Gasteiger partial charge in [0.05, 0.1) is 6.67 Å². The van der Waals surface area contributed by atoms with Crippen LogP contribution in [-0.4, -0.2) is 27.1 Å². The second-order valence-corrected chi connectivity index (χ2v) is 3.68. The van der Waals surface area contributed by atoms with Crippen molar-refractivity contribution in [3.63, 3.8) is 0 Å². The maximum absolute atomic E-state index is 5.56. The first-order valence-corrected chi connectivity index (χ1v) is 5.17. The van der Waals surface area contributed by atoms with Crippen LogP contribution in [0.25, 0.3) is 0 Å². The van der Waals surface area contributed by atoms with Crippen LogP contribution in [-0.2, 0) is 0 Å². The molecule has 0 spiro atoms. The average molecular weight is 214 g/mol. The molecule has 0 atom stereocenters. The van der Waals surface area contributed by atoms with Crippen LogP contribution in [0.4, 0.5) is 10.3 Å². The Hall–Kier alpha value is -1.12. The highest BCUT2D eigenvalue weighted by atomic mass is 32.1. The molecule has 0 saturated carbocycles. The first kappa shape index (κ1) is 8.48. The van der Waals surface area contributed by atoms with Crippen LogP contribution in [0.15, 0.2) is 11.0 Å². The molecule has 0 aliphatic heterocycles. The summed E-state index contributed by atoms with van der Waals surface area (Å²) in [5.74, 6) is 0. The van der Waals surface area contributed by atoms with Gasteiger partial charge in [-0.25, -0.2) is 0 Å². The molecule has 0 bridgehead atoms. The van der Waals surface area contributed by atoms with Gasteiger partial charge >= 0.3 is 0 Å². The molecule has 2 rings (SSSR count). The van der Waals surface area contributed by atoms with Gasteiger partial charge in [-0.3, -0.25) is 4.90 Å². The third-order valence-corrected chi connectivity index (χ3v) is 2.77. The fourth-order valence-corrected chi connectivity index (χ4v) is 2.01. The van der Waals surface area contributed by atoms with E-state index in [1.54, 1.807) is 15.9 Å². The third-order valence-electron chi connectivity index (χ3n) is 1.34. The molecule has 0 amide bonds. The average Bonchev–Trinajstić information content (AvgIpc) is 2.76. The highest BCUT2D eigenvalue weighted by Gasteiger charge is 2.12. The zero-order chi connectivity index (χ0) is 9.10. The van der Waals surface area contributed by atoms with Crippen molar-refractivity contribution in [1.29, 1.82) is 0 Å². The summed E-state index contributed by atoms with van der Waals surface area (Å²) < 4.78 is 0. The molecule has 0 aromatic carbocycles. The van der Waals surface area contributed by atoms with Gasteiger partial charge < -0.3 is 5.73 Å². The molecule has 2 heterocycles. The second kappa shape index (κ2) is 3.73. The summed E-state index contributed by atoms with van der Waals surface area (Å²) in [4.78, 5) is 1.76. The zero-order valence-electron chi connectivity index (χ0n) is 6.49. The Kier molecular flexibility index (Phi) is 2.43. The molecule has 2 N–H and O–H groups in total. The fraction of sp³-hybridized carbons (Fsp3) is 0.200. The van der Waals surface area contributed by atoms with Gasteiger partial charge in [-0.2, -0.15) is 0 Å². The first-order valence-electron chi connectivity index (χ1n) is 3.41. The number of rotatable bonds is 3. The van der Waals surface area contributed by atoms with Crippen molar-refractivity contribution < 1.29 is 0 Å². The molecule has 8 heteroatoms. The lowest BCUT2D eigenvalue weighted by Crippen LogP contribution is -2.24. The topological polar surface area (TPSA) is 80.8 Å². The summed E-state index contributed by atoms with van der Waals surface area (Å²) in [5.41, 5.74) is 8.86. The molecular weight excluding hydrogens is 208 g/mol. The summed E-state index contributed by atoms with van der Waals surface area (Å²) in [5, 5.41) is 16.7. The molecule has 2 aromatic heterocycles. The quantitative estimate of drug-likeness (QED) is 0.747. The van der Waals surface area contributed by atoms with Gasteiger partial charge in [0.15, 0.2) is 0 Å². The van der Waals surface area contributed by atoms with Crippen LogP contribution >= 0.6 is 22.7 Å². The Balaban J connectivity index is 2.29. The number of nitrogens with two attached hydrogens (primary N) is 1. The van der Waals surface area contributed by atoms with E-state index in [1.807, 2.05) is 0 Å². The van der Waals surface area contributed by atoms with Crippen LogP contribution in [0.2, 0.25) is 0 Å². The number of nitrogens with zero attached hydrogens (tertiary/aromatic N) is 5. The van der Waals surface area contributed by atoms with Crippen molar-refractivity contribution in [3.8, 4) is 0 Å². The maximum Gasteiger partial charge on any atom is 0.215 e. The van der Waals surface area contributed by atoms with E-state index in [0.29, 0.717) is 6.67 Å². The Bertz CT molecular complexity index is 309. The van der Waals surface area contributed by atoms with Crippen molar-refractivity contribution in [2.45, 2.75) is 0 Å². The molecule has 2 aromatic rings. The van der Waals surface area contributed by atoms with Crippen molar-refractivity contribution in [2.75, 3.05) is 11.6 Å². The third kappa shape index (κ3) is 1.64. The zero-order valence-corrected chi connectivity index (χ0v) is 8.12. The van der Waals surface area contributed by atoms with Crippen LogP contribution < -0.4 is 10.6 Å². The van der Waals surface area contributed by atoms with Crippen molar-refractivity contribution in [2.24, 2.45) is 5.73 Å². The van der Waals surface area contributed by atoms with Gasteiger partial charge in [-0.15, -0.1) is 20.4 Å². The predicted octanol–water partition coefficient (Wildman–Crippen LogP) is 0.444. The number of anilines is 2.